The van der Waals surface area contributed by atoms with Gasteiger partial charge in [0.2, 0.25) is 11.8 Å². The van der Waals surface area contributed by atoms with Gasteiger partial charge in [-0.2, -0.15) is 89.8 Å². The molecule has 2 aliphatic carbocycles. The lowest BCUT2D eigenvalue weighted by Crippen LogP contribution is -2.54. The maximum atomic E-state index is 16.8. The molecule has 1 saturated carbocycles. The first-order valence-electron chi connectivity index (χ1n) is 24.4. The summed E-state index contributed by atoms with van der Waals surface area (Å²) in [6, 6.07) is 11.8. The normalized spacial score (nSPS) is 20.9. The Kier molecular flexibility index (Phi) is 21.6. The van der Waals surface area contributed by atoms with E-state index in [-0.39, 0.29) is 146 Å². The van der Waals surface area contributed by atoms with Crippen LogP contribution in [-0.4, -0.2) is 112 Å². The highest BCUT2D eigenvalue weighted by Gasteiger charge is 2.53. The zero-order valence-corrected chi connectivity index (χ0v) is 49.5. The molecule has 4 fully saturated rings. The van der Waals surface area contributed by atoms with Gasteiger partial charge in [0.05, 0.1) is 68.9 Å². The van der Waals surface area contributed by atoms with Gasteiger partial charge in [0.25, 0.3) is 11.5 Å². The van der Waals surface area contributed by atoms with E-state index in [1.54, 1.807) is 53.6 Å². The molecule has 5 aromatic rings. The molecule has 25 heteroatoms. The highest BCUT2D eigenvalue weighted by molar-refractivity contribution is 7.60. The van der Waals surface area contributed by atoms with Crippen LogP contribution in [0.2, 0.25) is 0 Å². The lowest BCUT2D eigenvalue weighted by molar-refractivity contribution is -0.153. The number of amides is 4. The topological polar surface area (TPSA) is 210 Å². The molecule has 77 heavy (non-hydrogen) atoms. The van der Waals surface area contributed by atoms with Crippen LogP contribution < -0.4 is 16.2 Å². The Morgan fingerprint density at radius 2 is 1.29 bits per heavy atom. The minimum absolute atomic E-state index is 0. The van der Waals surface area contributed by atoms with Crippen LogP contribution in [0.3, 0.4) is 0 Å². The minimum atomic E-state index is -3.39. The van der Waals surface area contributed by atoms with Crippen molar-refractivity contribution in [1.82, 2.24) is 40.4 Å². The number of rotatable bonds is 10. The number of nitrogens with zero attached hydrogens (tertiary/aromatic N) is 4. The molecule has 5 aliphatic rings. The van der Waals surface area contributed by atoms with E-state index in [0.717, 1.165) is 25.7 Å². The van der Waals surface area contributed by atoms with Crippen LogP contribution in [-0.2, 0) is 34.5 Å². The molecule has 2 aromatic heterocycles. The molecular weight excluding hydrogens is 1110 g/mol. The van der Waals surface area contributed by atoms with Crippen LogP contribution in [0.25, 0.3) is 44.4 Å². The summed E-state index contributed by atoms with van der Waals surface area (Å²) in [6.45, 7) is 8.14. The summed E-state index contributed by atoms with van der Waals surface area (Å²) in [6.07, 6.45) is 4.67. The Bertz CT molecular complexity index is 3020. The monoisotopic (exact) mass is 1180 g/mol. The Morgan fingerprint density at radius 3 is 1.90 bits per heavy atom. The van der Waals surface area contributed by atoms with Crippen LogP contribution >= 0.6 is 81.0 Å². The number of halogens is 2. The number of fused-ring (bicyclic) bond motifs is 5. The summed E-state index contributed by atoms with van der Waals surface area (Å²) in [5.41, 5.74) is 2.41. The van der Waals surface area contributed by atoms with Crippen LogP contribution in [0.15, 0.2) is 65.6 Å². The summed E-state index contributed by atoms with van der Waals surface area (Å²) in [5.74, 6) is -4.68. The first-order valence-corrected chi connectivity index (χ1v) is 24.4. The van der Waals surface area contributed by atoms with Crippen LogP contribution in [0.5, 0.6) is 0 Å². The number of alkyl halides is 2. The van der Waals surface area contributed by atoms with Gasteiger partial charge in [-0.1, -0.05) is 70.9 Å². The third kappa shape index (κ3) is 12.0. The van der Waals surface area contributed by atoms with Gasteiger partial charge in [-0.3, -0.25) is 14.4 Å². The van der Waals surface area contributed by atoms with Crippen molar-refractivity contribution in [3.05, 3.63) is 93.9 Å². The molecule has 17 nitrogen and oxygen atoms in total. The van der Waals surface area contributed by atoms with E-state index in [1.807, 2.05) is 32.6 Å². The number of carbonyl (C=O) groups excluding carboxylic acids is 4. The van der Waals surface area contributed by atoms with Gasteiger partial charge in [0.1, 0.15) is 23.7 Å². The molecule has 0 unspecified atom stereocenters. The lowest BCUT2D eigenvalue weighted by atomic mass is 9.84. The van der Waals surface area contributed by atoms with Gasteiger partial charge < -0.3 is 49.3 Å². The Hall–Kier alpha value is -4.63. The number of carbonyl (C=O) groups is 4. The van der Waals surface area contributed by atoms with Crippen molar-refractivity contribution in [3.63, 3.8) is 0 Å². The number of likely N-dealkylation sites (tertiary alicyclic amines) is 2. The van der Waals surface area contributed by atoms with Crippen molar-refractivity contribution in [2.75, 3.05) is 34.0 Å². The highest BCUT2D eigenvalue weighted by atomic mass is 32.1. The molecule has 422 valence electrons. The van der Waals surface area contributed by atoms with E-state index in [0.29, 0.717) is 75.7 Å². The summed E-state index contributed by atoms with van der Waals surface area (Å²) in [5, 5.41) is 5.68. The van der Waals surface area contributed by atoms with E-state index in [9.17, 15) is 24.0 Å². The summed E-state index contributed by atoms with van der Waals surface area (Å²) in [7, 11) is 2.48. The second kappa shape index (κ2) is 25.7. The Balaban J connectivity index is 0.00000213. The number of alkyl carbamates (subject to hydrolysis) is 2. The van der Waals surface area contributed by atoms with E-state index < -0.39 is 48.1 Å². The standard InChI is InChI=1S/C52H58F2N8O9.6H2S/c1-26(2)42(58-49(66)68-5)47(64)61-25-51(70-17-18-71-51)23-41(61)44-55-24-38(57-44)30-13-15-33-32-14-11-28(19-35(32)52(53,54)36(33)20-30)29-12-16-34-37(21-29)56-45(60-46(34)63)40-22-31-9-7-8-10-39(31)62(40)48(65)43(27(3)4)59-50(67)69-6;;;;;;/h11-16,19-21,24,26-27,31,39-43H,7-10,17-18,22-23,25H2,1-6H3,(H,55,57)(H,58,66)(H,59,67)(H,56,60,63);6*1H2/t31-,39-,40-,41-,42-,43-;;;;;;/m0....../s1. The van der Waals surface area contributed by atoms with Crippen LogP contribution in [0, 0.1) is 17.8 Å². The maximum Gasteiger partial charge on any atom is 0.407 e. The number of ether oxygens (including phenoxy) is 4. The van der Waals surface area contributed by atoms with Crippen molar-refractivity contribution >= 4 is 116 Å². The van der Waals surface area contributed by atoms with Crippen molar-refractivity contribution in [1.29, 1.82) is 0 Å². The second-order valence-electron chi connectivity index (χ2n) is 20.1. The molecule has 0 radical (unpaired) electrons. The molecule has 3 saturated heterocycles. The summed E-state index contributed by atoms with van der Waals surface area (Å²) < 4.78 is 55.3. The van der Waals surface area contributed by atoms with Gasteiger partial charge in [0, 0.05) is 29.2 Å². The van der Waals surface area contributed by atoms with Crippen molar-refractivity contribution < 1.29 is 46.9 Å². The van der Waals surface area contributed by atoms with E-state index in [2.05, 4.69) is 25.6 Å². The Morgan fingerprint density at radius 1 is 0.727 bits per heavy atom. The molecule has 1 spiro atoms. The number of aromatic nitrogens is 4. The number of nitrogens with one attached hydrogen (secondary N) is 4. The third-order valence-electron chi connectivity index (χ3n) is 15.1. The molecular formula is C52H70F2N8O9S6. The molecule has 4 N–H and O–H groups in total. The molecule has 3 aromatic carbocycles. The van der Waals surface area contributed by atoms with Gasteiger partial charge in [-0.25, -0.2) is 19.6 Å². The molecule has 10 rings (SSSR count). The second-order valence-corrected chi connectivity index (χ2v) is 20.1. The van der Waals surface area contributed by atoms with Crippen LogP contribution in [0.1, 0.15) is 101 Å². The first-order chi connectivity index (χ1) is 34.0. The largest absolute Gasteiger partial charge is 0.453 e. The predicted octanol–water partition coefficient (Wildman–Crippen LogP) is 8.39. The molecule has 4 amide bonds. The van der Waals surface area contributed by atoms with Crippen LogP contribution in [0.4, 0.5) is 18.4 Å². The third-order valence-corrected chi connectivity index (χ3v) is 15.1. The van der Waals surface area contributed by atoms with Gasteiger partial charge >= 0.3 is 12.2 Å². The quantitative estimate of drug-likeness (QED) is 0.104. The Labute approximate surface area is 487 Å². The number of aromatic amines is 2. The molecule has 0 bridgehead atoms. The fourth-order valence-electron chi connectivity index (χ4n) is 11.5. The average Bonchev–Trinajstić information content (AvgIpc) is 4.22. The van der Waals surface area contributed by atoms with Gasteiger partial charge in [0.15, 0.2) is 5.79 Å². The SMILES string of the molecule is COC(=O)N[C@H](C(=O)N1CC2(C[C@H]1c1ncc(-c3ccc4c(c3)C(F)(F)c3cc(-c5ccc6c(=O)[nH]c([C@@H]7C[C@@H]8CCCC[C@@H]8N7C(=O)[C@@H](NC(=O)OC)C(C)C)nc6c5)ccc3-4)[nH]1)OCCO2)C(C)C.S.S.S.S.S.S. The maximum absolute atomic E-state index is 16.8. The van der Waals surface area contributed by atoms with Gasteiger partial charge in [-0.05, 0) is 83.5 Å². The number of H-pyrrole nitrogens is 2. The average molecular weight is 1180 g/mol. The number of hydrogen-bond donors (Lipinski definition) is 4. The number of benzene rings is 3. The van der Waals surface area contributed by atoms with Crippen molar-refractivity contribution in [2.24, 2.45) is 17.8 Å². The summed E-state index contributed by atoms with van der Waals surface area (Å²) >= 11 is 0. The van der Waals surface area contributed by atoms with Crippen molar-refractivity contribution in [3.8, 4) is 33.5 Å². The number of imidazole rings is 1. The smallest absolute Gasteiger partial charge is 0.407 e. The van der Waals surface area contributed by atoms with Gasteiger partial charge in [-0.15, -0.1) is 0 Å². The fraction of sp³-hybridized carbons (Fsp3) is 0.481. The summed E-state index contributed by atoms with van der Waals surface area (Å²) in [4.78, 5) is 86.1. The lowest BCUT2D eigenvalue weighted by Gasteiger charge is -2.37. The predicted molar refractivity (Wildman–Crippen MR) is 318 cm³/mol. The highest BCUT2D eigenvalue weighted by Crippen LogP contribution is 2.53. The number of hydrogen-bond acceptors (Lipinski definition) is 11. The van der Waals surface area contributed by atoms with E-state index in [4.69, 9.17) is 23.9 Å². The first kappa shape index (κ1) is 64.9. The van der Waals surface area contributed by atoms with Crippen molar-refractivity contribution in [2.45, 2.75) is 108 Å². The zero-order valence-electron chi connectivity index (χ0n) is 43.5. The molecule has 3 aliphatic heterocycles. The van der Waals surface area contributed by atoms with E-state index >= 15 is 8.78 Å². The number of methoxy groups -OCH3 is 2. The fourth-order valence-corrected chi connectivity index (χ4v) is 11.5. The minimum Gasteiger partial charge on any atom is -0.453 e. The molecule has 5 heterocycles. The molecule has 6 atom stereocenters. The zero-order chi connectivity index (χ0) is 50.1. The van der Waals surface area contributed by atoms with E-state index in [1.165, 1.54) is 26.4 Å².